The Morgan fingerprint density at radius 3 is 1.94 bits per heavy atom. The van der Waals surface area contributed by atoms with Gasteiger partial charge >= 0.3 is 0 Å². The molecule has 2 nitrogen and oxygen atoms in total. The molecule has 0 amide bonds. The van der Waals surface area contributed by atoms with Crippen molar-refractivity contribution in [2.24, 2.45) is 0 Å². The van der Waals surface area contributed by atoms with Gasteiger partial charge in [0, 0.05) is 5.56 Å². The summed E-state index contributed by atoms with van der Waals surface area (Å²) in [7, 11) is 0. The molecule has 0 heterocycles. The van der Waals surface area contributed by atoms with E-state index >= 15 is 0 Å². The van der Waals surface area contributed by atoms with Gasteiger partial charge in [0.2, 0.25) is 0 Å². The molecule has 2 heteroatoms. The third kappa shape index (κ3) is 2.26. The summed E-state index contributed by atoms with van der Waals surface area (Å²) < 4.78 is 0. The van der Waals surface area contributed by atoms with E-state index in [1.54, 1.807) is 6.07 Å². The molecule has 0 aliphatic carbocycles. The topological polar surface area (TPSA) is 46.2 Å². The van der Waals surface area contributed by atoms with E-state index in [9.17, 15) is 5.11 Å². The van der Waals surface area contributed by atoms with Gasteiger partial charge in [0.1, 0.15) is 5.75 Å². The van der Waals surface area contributed by atoms with Crippen molar-refractivity contribution in [3.8, 4) is 16.9 Å². The van der Waals surface area contributed by atoms with Crippen LogP contribution < -0.4 is 5.73 Å². The predicted molar refractivity (Wildman–Crippen MR) is 72.2 cm³/mol. The second-order valence-corrected chi connectivity index (χ2v) is 4.63. The molecule has 0 aliphatic rings. The van der Waals surface area contributed by atoms with Gasteiger partial charge in [0.25, 0.3) is 0 Å². The van der Waals surface area contributed by atoms with Gasteiger partial charge < -0.3 is 10.8 Å². The Bertz CT molecular complexity index is 553. The highest BCUT2D eigenvalue weighted by atomic mass is 16.3. The fourth-order valence-corrected chi connectivity index (χ4v) is 2.16. The average Bonchev–Trinajstić information content (AvgIpc) is 2.22. The molecule has 2 rings (SSSR count). The molecule has 0 bridgehead atoms. The molecular weight excluding hydrogens is 210 g/mol. The monoisotopic (exact) mass is 227 g/mol. The second kappa shape index (κ2) is 4.13. The number of benzene rings is 2. The lowest BCUT2D eigenvalue weighted by Gasteiger charge is -2.10. The quantitative estimate of drug-likeness (QED) is 0.578. The molecule has 0 unspecified atom stereocenters. The van der Waals surface area contributed by atoms with Crippen molar-refractivity contribution >= 4 is 5.69 Å². The maximum Gasteiger partial charge on any atom is 0.146 e. The van der Waals surface area contributed by atoms with E-state index in [0.29, 0.717) is 5.69 Å². The number of aryl methyl sites for hydroxylation is 3. The fourth-order valence-electron chi connectivity index (χ4n) is 2.16. The van der Waals surface area contributed by atoms with E-state index in [4.69, 9.17) is 5.73 Å². The Morgan fingerprint density at radius 2 is 1.35 bits per heavy atom. The molecule has 2 aromatic carbocycles. The van der Waals surface area contributed by atoms with Crippen LogP contribution in [0.3, 0.4) is 0 Å². The van der Waals surface area contributed by atoms with E-state index in [0.717, 1.165) is 16.7 Å². The zero-order chi connectivity index (χ0) is 12.6. The molecule has 2 aromatic rings. The van der Waals surface area contributed by atoms with Crippen LogP contribution in [0.15, 0.2) is 30.3 Å². The summed E-state index contributed by atoms with van der Waals surface area (Å²) in [4.78, 5) is 0. The number of rotatable bonds is 1. The summed E-state index contributed by atoms with van der Waals surface area (Å²) in [5, 5.41) is 10.0. The van der Waals surface area contributed by atoms with Crippen molar-refractivity contribution in [1.82, 2.24) is 0 Å². The number of hydrogen-bond donors (Lipinski definition) is 2. The van der Waals surface area contributed by atoms with Crippen LogP contribution >= 0.6 is 0 Å². The number of hydrogen-bond acceptors (Lipinski definition) is 2. The first-order valence-corrected chi connectivity index (χ1v) is 5.65. The van der Waals surface area contributed by atoms with Crippen molar-refractivity contribution < 1.29 is 5.11 Å². The molecule has 88 valence electrons. The minimum atomic E-state index is 0.167. The average molecular weight is 227 g/mol. The van der Waals surface area contributed by atoms with Crippen molar-refractivity contribution in [2.45, 2.75) is 20.8 Å². The van der Waals surface area contributed by atoms with Crippen LogP contribution in [0.5, 0.6) is 5.75 Å². The number of aromatic hydroxyl groups is 1. The minimum Gasteiger partial charge on any atom is -0.505 e. The van der Waals surface area contributed by atoms with Crippen LogP contribution in [0.25, 0.3) is 11.1 Å². The van der Waals surface area contributed by atoms with E-state index < -0.39 is 0 Å². The molecule has 17 heavy (non-hydrogen) atoms. The predicted octanol–water partition coefficient (Wildman–Crippen LogP) is 3.57. The third-order valence-electron chi connectivity index (χ3n) is 2.82. The molecule has 0 fully saturated rings. The summed E-state index contributed by atoms with van der Waals surface area (Å²) in [5.74, 6) is 0.167. The van der Waals surface area contributed by atoms with E-state index in [1.165, 1.54) is 11.1 Å². The summed E-state index contributed by atoms with van der Waals surface area (Å²) in [6.45, 7) is 6.07. The minimum absolute atomic E-state index is 0.167. The molecule has 0 atom stereocenters. The molecule has 0 spiro atoms. The fraction of sp³-hybridized carbons (Fsp3) is 0.200. The van der Waals surface area contributed by atoms with E-state index in [2.05, 4.69) is 18.2 Å². The third-order valence-corrected chi connectivity index (χ3v) is 2.82. The smallest absolute Gasteiger partial charge is 0.146 e. The van der Waals surface area contributed by atoms with Crippen LogP contribution in [0.1, 0.15) is 16.7 Å². The maximum atomic E-state index is 10.0. The normalized spacial score (nSPS) is 10.5. The lowest BCUT2D eigenvalue weighted by atomic mass is 9.98. The molecule has 0 saturated carbocycles. The highest BCUT2D eigenvalue weighted by Gasteiger charge is 2.09. The maximum absolute atomic E-state index is 10.0. The lowest BCUT2D eigenvalue weighted by molar-refractivity contribution is 0.480. The zero-order valence-electron chi connectivity index (χ0n) is 10.4. The Kier molecular flexibility index (Phi) is 2.80. The van der Waals surface area contributed by atoms with Gasteiger partial charge in [-0.15, -0.1) is 0 Å². The number of nitrogens with two attached hydrogens (primary N) is 1. The highest BCUT2D eigenvalue weighted by Crippen LogP contribution is 2.35. The SMILES string of the molecule is Cc1cc(C)cc(-c2cc(C)cc(N)c2O)c1. The first-order chi connectivity index (χ1) is 7.97. The van der Waals surface area contributed by atoms with Gasteiger partial charge in [-0.2, -0.15) is 0 Å². The summed E-state index contributed by atoms with van der Waals surface area (Å²) in [6.07, 6.45) is 0. The van der Waals surface area contributed by atoms with E-state index in [-0.39, 0.29) is 5.75 Å². The molecule has 0 aliphatic heterocycles. The number of anilines is 1. The summed E-state index contributed by atoms with van der Waals surface area (Å²) in [6, 6.07) is 9.96. The van der Waals surface area contributed by atoms with Crippen LogP contribution in [0, 0.1) is 20.8 Å². The second-order valence-electron chi connectivity index (χ2n) is 4.63. The van der Waals surface area contributed by atoms with Gasteiger partial charge in [-0.05, 0) is 44.0 Å². The Hall–Kier alpha value is -1.96. The van der Waals surface area contributed by atoms with Crippen molar-refractivity contribution in [2.75, 3.05) is 5.73 Å². The van der Waals surface area contributed by atoms with Gasteiger partial charge in [-0.3, -0.25) is 0 Å². The van der Waals surface area contributed by atoms with Gasteiger partial charge in [0.05, 0.1) is 5.69 Å². The molecule has 0 radical (unpaired) electrons. The number of phenolic OH excluding ortho intramolecular Hbond substituents is 1. The standard InChI is InChI=1S/C15H17NO/c1-9-4-10(2)6-12(5-9)13-7-11(3)8-14(16)15(13)17/h4-8,17H,16H2,1-3H3. The van der Waals surface area contributed by atoms with Crippen molar-refractivity contribution in [1.29, 1.82) is 0 Å². The molecule has 3 N–H and O–H groups in total. The first kappa shape index (κ1) is 11.5. The van der Waals surface area contributed by atoms with Gasteiger partial charge in [0.15, 0.2) is 0 Å². The largest absolute Gasteiger partial charge is 0.505 e. The summed E-state index contributed by atoms with van der Waals surface area (Å²) >= 11 is 0. The summed E-state index contributed by atoms with van der Waals surface area (Å²) in [5.41, 5.74) is 11.4. The van der Waals surface area contributed by atoms with Crippen LogP contribution in [-0.2, 0) is 0 Å². The Labute approximate surface area is 102 Å². The number of phenols is 1. The van der Waals surface area contributed by atoms with E-state index in [1.807, 2.05) is 26.8 Å². The molecular formula is C15H17NO. The number of nitrogen functional groups attached to an aromatic ring is 1. The van der Waals surface area contributed by atoms with Gasteiger partial charge in [-0.25, -0.2) is 0 Å². The Morgan fingerprint density at radius 1 is 0.824 bits per heavy atom. The van der Waals surface area contributed by atoms with Crippen molar-refractivity contribution in [3.63, 3.8) is 0 Å². The van der Waals surface area contributed by atoms with Crippen LogP contribution in [-0.4, -0.2) is 5.11 Å². The van der Waals surface area contributed by atoms with Gasteiger partial charge in [-0.1, -0.05) is 29.3 Å². The first-order valence-electron chi connectivity index (χ1n) is 5.65. The zero-order valence-corrected chi connectivity index (χ0v) is 10.4. The Balaban J connectivity index is 2.67. The molecule has 0 aromatic heterocycles. The molecule has 0 saturated heterocycles. The van der Waals surface area contributed by atoms with Crippen molar-refractivity contribution in [3.05, 3.63) is 47.0 Å². The lowest BCUT2D eigenvalue weighted by Crippen LogP contribution is -1.91. The van der Waals surface area contributed by atoms with Crippen LogP contribution in [0.4, 0.5) is 5.69 Å². The highest BCUT2D eigenvalue weighted by molar-refractivity contribution is 5.78. The van der Waals surface area contributed by atoms with Crippen LogP contribution in [0.2, 0.25) is 0 Å².